The molecule has 1 atom stereocenters. The lowest BCUT2D eigenvalue weighted by Crippen LogP contribution is -2.40. The van der Waals surface area contributed by atoms with E-state index in [0.29, 0.717) is 6.04 Å². The molecule has 0 aliphatic carbocycles. The number of piperidine rings is 1. The van der Waals surface area contributed by atoms with E-state index in [-0.39, 0.29) is 0 Å². The van der Waals surface area contributed by atoms with Gasteiger partial charge in [-0.15, -0.1) is 0 Å². The highest BCUT2D eigenvalue weighted by atomic mass is 16.1. The number of hydrogen-bond donors (Lipinski definition) is 0. The van der Waals surface area contributed by atoms with Crippen LogP contribution in [0.5, 0.6) is 0 Å². The first-order valence-electron chi connectivity index (χ1n) is 6.44. The normalized spacial score (nSPS) is 20.6. The Hall–Kier alpha value is -1.32. The molecule has 1 fully saturated rings. The van der Waals surface area contributed by atoms with Gasteiger partial charge in [0.05, 0.1) is 11.3 Å². The van der Waals surface area contributed by atoms with Gasteiger partial charge in [-0.1, -0.05) is 6.92 Å². The minimum Gasteiger partial charge on any atom is -0.353 e. The van der Waals surface area contributed by atoms with Crippen molar-refractivity contribution in [2.24, 2.45) is 7.05 Å². The summed E-state index contributed by atoms with van der Waals surface area (Å²) in [4.78, 5) is 13.6. The van der Waals surface area contributed by atoms with Crippen molar-refractivity contribution in [1.82, 2.24) is 9.78 Å². The molecule has 1 unspecified atom stereocenters. The van der Waals surface area contributed by atoms with Crippen LogP contribution < -0.4 is 4.90 Å². The fraction of sp³-hybridized carbons (Fsp3) is 0.692. The molecule has 1 aliphatic heterocycles. The van der Waals surface area contributed by atoms with Crippen molar-refractivity contribution in [3.63, 3.8) is 0 Å². The molecule has 0 radical (unpaired) electrons. The third kappa shape index (κ3) is 2.08. The summed E-state index contributed by atoms with van der Waals surface area (Å²) in [5, 5.41) is 4.37. The lowest BCUT2D eigenvalue weighted by Gasteiger charge is -2.37. The van der Waals surface area contributed by atoms with Crippen LogP contribution in [0.15, 0.2) is 0 Å². The van der Waals surface area contributed by atoms with Gasteiger partial charge in [-0.2, -0.15) is 5.10 Å². The summed E-state index contributed by atoms with van der Waals surface area (Å²) < 4.78 is 1.85. The molecular weight excluding hydrogens is 214 g/mol. The average molecular weight is 235 g/mol. The number of aromatic nitrogens is 2. The molecule has 4 nitrogen and oxygen atoms in total. The van der Waals surface area contributed by atoms with Gasteiger partial charge in [0.15, 0.2) is 6.29 Å². The Balaban J connectivity index is 2.40. The van der Waals surface area contributed by atoms with E-state index in [9.17, 15) is 4.79 Å². The maximum absolute atomic E-state index is 11.2. The third-order valence-electron chi connectivity index (χ3n) is 3.73. The number of hydrogen-bond acceptors (Lipinski definition) is 3. The van der Waals surface area contributed by atoms with Crippen LogP contribution in [0, 0.1) is 6.92 Å². The van der Waals surface area contributed by atoms with Gasteiger partial charge in [0.2, 0.25) is 0 Å². The second-order valence-corrected chi connectivity index (χ2v) is 4.82. The van der Waals surface area contributed by atoms with Gasteiger partial charge in [-0.3, -0.25) is 9.48 Å². The van der Waals surface area contributed by atoms with Gasteiger partial charge in [0, 0.05) is 19.6 Å². The van der Waals surface area contributed by atoms with E-state index < -0.39 is 0 Å². The van der Waals surface area contributed by atoms with Crippen LogP contribution in [0.3, 0.4) is 0 Å². The van der Waals surface area contributed by atoms with E-state index >= 15 is 0 Å². The van der Waals surface area contributed by atoms with Crippen LogP contribution in [-0.4, -0.2) is 28.7 Å². The minimum atomic E-state index is 0.553. The van der Waals surface area contributed by atoms with E-state index in [1.54, 1.807) is 0 Å². The van der Waals surface area contributed by atoms with Gasteiger partial charge in [-0.05, 0) is 32.6 Å². The second kappa shape index (κ2) is 4.90. The molecule has 0 saturated carbocycles. The van der Waals surface area contributed by atoms with Crippen molar-refractivity contribution in [2.45, 2.75) is 45.6 Å². The first-order chi connectivity index (χ1) is 8.19. The Bertz CT molecular complexity index is 411. The first-order valence-corrected chi connectivity index (χ1v) is 6.44. The molecule has 2 rings (SSSR count). The predicted octanol–water partition coefficient (Wildman–Crippen LogP) is 2.31. The number of rotatable bonds is 3. The number of carbonyl (C=O) groups excluding carboxylic acids is 1. The summed E-state index contributed by atoms with van der Waals surface area (Å²) in [5.41, 5.74) is 1.59. The average Bonchev–Trinajstić information content (AvgIpc) is 2.63. The van der Waals surface area contributed by atoms with E-state index in [0.717, 1.165) is 36.3 Å². The number of anilines is 1. The van der Waals surface area contributed by atoms with Gasteiger partial charge in [0.25, 0.3) is 0 Å². The van der Waals surface area contributed by atoms with E-state index in [2.05, 4.69) is 16.9 Å². The Kier molecular flexibility index (Phi) is 3.50. The summed E-state index contributed by atoms with van der Waals surface area (Å²) in [6, 6.07) is 0.553. The van der Waals surface area contributed by atoms with Crippen LogP contribution in [0.25, 0.3) is 0 Å². The molecule has 2 heterocycles. The lowest BCUT2D eigenvalue weighted by molar-refractivity contribution is 0.112. The van der Waals surface area contributed by atoms with E-state index in [1.165, 1.54) is 19.3 Å². The van der Waals surface area contributed by atoms with Crippen molar-refractivity contribution < 1.29 is 4.79 Å². The first kappa shape index (κ1) is 12.1. The molecule has 0 spiro atoms. The quantitative estimate of drug-likeness (QED) is 0.755. The molecule has 1 aromatic heterocycles. The number of nitrogens with zero attached hydrogens (tertiary/aromatic N) is 3. The molecule has 4 heteroatoms. The van der Waals surface area contributed by atoms with Crippen molar-refractivity contribution in [3.8, 4) is 0 Å². The molecule has 1 aromatic rings. The number of carbonyl (C=O) groups is 1. The molecule has 0 aromatic carbocycles. The standard InChI is InChI=1S/C13H21N3O/c1-4-11-7-5-6-8-16(11)13-12(9-17)10(2)14-15(13)3/h9,11H,4-8H2,1-3H3. The maximum Gasteiger partial charge on any atom is 0.155 e. The summed E-state index contributed by atoms with van der Waals surface area (Å²) >= 11 is 0. The Morgan fingerprint density at radius 2 is 2.24 bits per heavy atom. The lowest BCUT2D eigenvalue weighted by atomic mass is 9.99. The zero-order valence-corrected chi connectivity index (χ0v) is 10.9. The topological polar surface area (TPSA) is 38.1 Å². The largest absolute Gasteiger partial charge is 0.353 e. The summed E-state index contributed by atoms with van der Waals surface area (Å²) in [6.07, 6.45) is 5.79. The van der Waals surface area contributed by atoms with Gasteiger partial charge >= 0.3 is 0 Å². The van der Waals surface area contributed by atoms with Crippen molar-refractivity contribution in [2.75, 3.05) is 11.4 Å². The third-order valence-corrected chi connectivity index (χ3v) is 3.73. The van der Waals surface area contributed by atoms with Crippen molar-refractivity contribution >= 4 is 12.1 Å². The second-order valence-electron chi connectivity index (χ2n) is 4.82. The molecular formula is C13H21N3O. The molecule has 0 N–H and O–H groups in total. The van der Waals surface area contributed by atoms with Crippen molar-refractivity contribution in [3.05, 3.63) is 11.3 Å². The molecule has 17 heavy (non-hydrogen) atoms. The summed E-state index contributed by atoms with van der Waals surface area (Å²) in [7, 11) is 1.93. The summed E-state index contributed by atoms with van der Waals surface area (Å²) in [5.74, 6) is 1.00. The summed E-state index contributed by atoms with van der Waals surface area (Å²) in [6.45, 7) is 5.16. The zero-order chi connectivity index (χ0) is 12.4. The molecule has 0 amide bonds. The highest BCUT2D eigenvalue weighted by Crippen LogP contribution is 2.29. The van der Waals surface area contributed by atoms with E-state index in [1.807, 2.05) is 18.7 Å². The SMILES string of the molecule is CCC1CCCCN1c1c(C=O)c(C)nn1C. The molecule has 1 saturated heterocycles. The Morgan fingerprint density at radius 3 is 2.88 bits per heavy atom. The fourth-order valence-electron chi connectivity index (χ4n) is 2.84. The van der Waals surface area contributed by atoms with Crippen LogP contribution >= 0.6 is 0 Å². The monoisotopic (exact) mass is 235 g/mol. The van der Waals surface area contributed by atoms with Crippen molar-refractivity contribution in [1.29, 1.82) is 0 Å². The van der Waals surface area contributed by atoms with Gasteiger partial charge in [-0.25, -0.2) is 0 Å². The van der Waals surface area contributed by atoms with Crippen LogP contribution in [-0.2, 0) is 7.05 Å². The van der Waals surface area contributed by atoms with Gasteiger partial charge in [0.1, 0.15) is 5.82 Å². The molecule has 1 aliphatic rings. The smallest absolute Gasteiger partial charge is 0.155 e. The van der Waals surface area contributed by atoms with Crippen LogP contribution in [0.1, 0.15) is 48.7 Å². The number of aryl methyl sites for hydroxylation is 2. The highest BCUT2D eigenvalue weighted by molar-refractivity contribution is 5.85. The Labute approximate surface area is 103 Å². The molecule has 94 valence electrons. The zero-order valence-electron chi connectivity index (χ0n) is 10.9. The maximum atomic E-state index is 11.2. The minimum absolute atomic E-state index is 0.553. The number of aldehydes is 1. The van der Waals surface area contributed by atoms with E-state index in [4.69, 9.17) is 0 Å². The van der Waals surface area contributed by atoms with Crippen LogP contribution in [0.2, 0.25) is 0 Å². The highest BCUT2D eigenvalue weighted by Gasteiger charge is 2.26. The predicted molar refractivity (Wildman–Crippen MR) is 68.6 cm³/mol. The van der Waals surface area contributed by atoms with Crippen LogP contribution in [0.4, 0.5) is 5.82 Å². The fourth-order valence-corrected chi connectivity index (χ4v) is 2.84. The molecule has 0 bridgehead atoms. The van der Waals surface area contributed by atoms with Gasteiger partial charge < -0.3 is 4.90 Å². The Morgan fingerprint density at radius 1 is 1.47 bits per heavy atom.